The lowest BCUT2D eigenvalue weighted by Gasteiger charge is -2.32. The molecule has 0 fully saturated rings. The highest BCUT2D eigenvalue weighted by molar-refractivity contribution is 5.95. The van der Waals surface area contributed by atoms with Crippen molar-refractivity contribution in [1.82, 2.24) is 0 Å². The van der Waals surface area contributed by atoms with Gasteiger partial charge in [-0.15, -0.1) is 0 Å². The Morgan fingerprint density at radius 2 is 1.60 bits per heavy atom. The quantitative estimate of drug-likeness (QED) is 0.698. The third kappa shape index (κ3) is 1.60. The van der Waals surface area contributed by atoms with Crippen LogP contribution in [-0.2, 0) is 0 Å². The van der Waals surface area contributed by atoms with Crippen molar-refractivity contribution in [1.29, 1.82) is 0 Å². The van der Waals surface area contributed by atoms with Crippen LogP contribution >= 0.6 is 0 Å². The molecule has 0 aromatic heterocycles. The van der Waals surface area contributed by atoms with E-state index in [1.807, 2.05) is 18.2 Å². The van der Waals surface area contributed by atoms with Crippen LogP contribution in [0.15, 0.2) is 84.2 Å². The number of fused-ring (bicyclic) bond motifs is 3. The van der Waals surface area contributed by atoms with Crippen LogP contribution in [0, 0.1) is 5.92 Å². The fourth-order valence-corrected chi connectivity index (χ4v) is 2.84. The smallest absolute Gasteiger partial charge is 0.123 e. The Balaban J connectivity index is 1.73. The Labute approximate surface area is 117 Å². The number of halogens is 1. The Bertz CT molecular complexity index is 829. The monoisotopic (exact) mass is 259 g/mol. The molecule has 0 aliphatic heterocycles. The van der Waals surface area contributed by atoms with Gasteiger partial charge in [-0.05, 0) is 51.3 Å². The molecule has 95 valence electrons. The number of hydrogen-bond donors (Lipinski definition) is 0. The predicted molar refractivity (Wildman–Crippen MR) is 81.6 cm³/mol. The summed E-state index contributed by atoms with van der Waals surface area (Å²) in [5, 5.41) is 2.41. The van der Waals surface area contributed by atoms with Crippen molar-refractivity contribution in [3.8, 4) is 0 Å². The van der Waals surface area contributed by atoms with E-state index in [2.05, 4.69) is 36.9 Å². The van der Waals surface area contributed by atoms with Gasteiger partial charge in [0.25, 0.3) is 0 Å². The van der Waals surface area contributed by atoms with Gasteiger partial charge in [0.05, 0.1) is 5.92 Å². The largest absolute Gasteiger partial charge is 0.207 e. The summed E-state index contributed by atoms with van der Waals surface area (Å²) < 4.78 is 13.2. The zero-order valence-corrected chi connectivity index (χ0v) is 10.9. The molecule has 0 saturated heterocycles. The van der Waals surface area contributed by atoms with Crippen molar-refractivity contribution in [2.24, 2.45) is 0 Å². The van der Waals surface area contributed by atoms with E-state index in [1.54, 1.807) is 12.2 Å². The van der Waals surface area contributed by atoms with Crippen molar-refractivity contribution in [3.63, 3.8) is 0 Å². The fourth-order valence-electron chi connectivity index (χ4n) is 2.84. The van der Waals surface area contributed by atoms with Crippen LogP contribution in [0.25, 0.3) is 16.3 Å². The molecule has 2 aliphatic rings. The summed E-state index contributed by atoms with van der Waals surface area (Å²) in [5.74, 6) is 0.897. The average molecular weight is 259 g/mol. The molecular formula is C19H12F. The minimum absolute atomic E-state index is 0.174. The Kier molecular flexibility index (Phi) is 2.31. The van der Waals surface area contributed by atoms with Gasteiger partial charge in [0.15, 0.2) is 0 Å². The highest BCUT2D eigenvalue weighted by Crippen LogP contribution is 2.48. The van der Waals surface area contributed by atoms with Crippen molar-refractivity contribution in [3.05, 3.63) is 95.7 Å². The maximum Gasteiger partial charge on any atom is 0.123 e. The maximum atomic E-state index is 13.2. The van der Waals surface area contributed by atoms with Crippen LogP contribution in [0.1, 0.15) is 5.56 Å². The van der Waals surface area contributed by atoms with Gasteiger partial charge in [0.2, 0.25) is 0 Å². The minimum atomic E-state index is -0.174. The van der Waals surface area contributed by atoms with E-state index in [1.165, 1.54) is 10.8 Å². The molecule has 1 radical (unpaired) electrons. The van der Waals surface area contributed by atoms with Crippen molar-refractivity contribution in [2.45, 2.75) is 0 Å². The van der Waals surface area contributed by atoms with Gasteiger partial charge in [0.1, 0.15) is 5.83 Å². The zero-order valence-electron chi connectivity index (χ0n) is 10.9. The molecule has 4 rings (SSSR count). The lowest BCUT2D eigenvalue weighted by molar-refractivity contribution is 0.659. The van der Waals surface area contributed by atoms with Crippen molar-refractivity contribution >= 4 is 16.3 Å². The van der Waals surface area contributed by atoms with Crippen LogP contribution in [0.4, 0.5) is 4.39 Å². The highest BCUT2D eigenvalue weighted by atomic mass is 19.1. The second-order valence-electron chi connectivity index (χ2n) is 5.14. The van der Waals surface area contributed by atoms with E-state index in [0.29, 0.717) is 0 Å². The highest BCUT2D eigenvalue weighted by Gasteiger charge is 2.32. The molecule has 2 bridgehead atoms. The third-order valence-corrected chi connectivity index (χ3v) is 3.87. The topological polar surface area (TPSA) is 0 Å². The summed E-state index contributed by atoms with van der Waals surface area (Å²) in [4.78, 5) is 0. The Morgan fingerprint density at radius 1 is 0.850 bits per heavy atom. The molecule has 0 spiro atoms. The Hall–Kier alpha value is -2.41. The normalized spacial score (nSPS) is 17.1. The van der Waals surface area contributed by atoms with Crippen LogP contribution in [-0.4, -0.2) is 0 Å². The molecule has 1 heteroatoms. The van der Waals surface area contributed by atoms with Gasteiger partial charge in [-0.25, -0.2) is 4.39 Å². The molecule has 0 nitrogen and oxygen atoms in total. The number of hydrogen-bond acceptors (Lipinski definition) is 0. The first-order valence-corrected chi connectivity index (χ1v) is 6.59. The summed E-state index contributed by atoms with van der Waals surface area (Å²) >= 11 is 0. The first-order chi connectivity index (χ1) is 9.72. The van der Waals surface area contributed by atoms with Crippen LogP contribution in [0.2, 0.25) is 0 Å². The number of benzene rings is 2. The van der Waals surface area contributed by atoms with Gasteiger partial charge in [0, 0.05) is 0 Å². The lowest BCUT2D eigenvalue weighted by Crippen LogP contribution is -2.17. The van der Waals surface area contributed by atoms with Gasteiger partial charge < -0.3 is 0 Å². The second-order valence-corrected chi connectivity index (χ2v) is 5.14. The molecule has 0 unspecified atom stereocenters. The summed E-state index contributed by atoms with van der Waals surface area (Å²) in [5.41, 5.74) is 3.94. The predicted octanol–water partition coefficient (Wildman–Crippen LogP) is 5.16. The van der Waals surface area contributed by atoms with E-state index >= 15 is 0 Å². The molecule has 0 atom stereocenters. The van der Waals surface area contributed by atoms with E-state index in [4.69, 9.17) is 0 Å². The molecular weight excluding hydrogens is 247 g/mol. The molecule has 20 heavy (non-hydrogen) atoms. The number of rotatable bonds is 2. The summed E-state index contributed by atoms with van der Waals surface area (Å²) in [6, 6.07) is 14.6. The van der Waals surface area contributed by atoms with Gasteiger partial charge in [-0.3, -0.25) is 0 Å². The summed E-state index contributed by atoms with van der Waals surface area (Å²) in [6.07, 6.45) is 5.12. The maximum absolute atomic E-state index is 13.2. The molecule has 2 aromatic rings. The van der Waals surface area contributed by atoms with E-state index in [0.717, 1.165) is 28.2 Å². The second kappa shape index (κ2) is 4.04. The fraction of sp³-hybridized carbons (Fsp3) is 0. The van der Waals surface area contributed by atoms with Gasteiger partial charge in [-0.1, -0.05) is 49.1 Å². The first kappa shape index (κ1) is 11.4. The zero-order chi connectivity index (χ0) is 13.7. The van der Waals surface area contributed by atoms with Gasteiger partial charge in [-0.2, -0.15) is 0 Å². The van der Waals surface area contributed by atoms with E-state index in [-0.39, 0.29) is 5.83 Å². The SMILES string of the molecule is C=C([C]1C2=CC(F)=CC1=C2)c1ccc2ccccc2c1. The lowest BCUT2D eigenvalue weighted by atomic mass is 9.70. The first-order valence-electron chi connectivity index (χ1n) is 6.59. The van der Waals surface area contributed by atoms with Crippen molar-refractivity contribution < 1.29 is 4.39 Å². The summed E-state index contributed by atoms with van der Waals surface area (Å²) in [7, 11) is 0. The van der Waals surface area contributed by atoms with E-state index < -0.39 is 0 Å². The van der Waals surface area contributed by atoms with Gasteiger partial charge >= 0.3 is 0 Å². The molecule has 2 aliphatic carbocycles. The van der Waals surface area contributed by atoms with Crippen LogP contribution < -0.4 is 0 Å². The molecule has 0 saturated carbocycles. The Morgan fingerprint density at radius 3 is 2.35 bits per heavy atom. The molecule has 2 aromatic carbocycles. The molecule has 0 heterocycles. The van der Waals surface area contributed by atoms with Crippen LogP contribution in [0.3, 0.4) is 0 Å². The summed E-state index contributed by atoms with van der Waals surface area (Å²) in [6.45, 7) is 4.19. The third-order valence-electron chi connectivity index (χ3n) is 3.87. The molecule has 0 amide bonds. The van der Waals surface area contributed by atoms with Crippen molar-refractivity contribution in [2.75, 3.05) is 0 Å². The minimum Gasteiger partial charge on any atom is -0.207 e. The van der Waals surface area contributed by atoms with Crippen LogP contribution in [0.5, 0.6) is 0 Å². The molecule has 0 N–H and O–H groups in total. The average Bonchev–Trinajstić information content (AvgIpc) is 2.46. The standard InChI is InChI=1S/C19H12F/c1-12(19-16-9-17(19)11-18(20)10-16)14-7-6-13-4-2-3-5-15(13)8-14/h2-11H,1H2. The van der Waals surface area contributed by atoms with E-state index in [9.17, 15) is 4.39 Å². The number of allylic oxidation sites excluding steroid dienone is 7.